The molecule has 9 nitrogen and oxygen atoms in total. The molecular formula is C21H23N3O6. The zero-order valence-electron chi connectivity index (χ0n) is 17.2. The smallest absolute Gasteiger partial charge is 0.339 e. The van der Waals surface area contributed by atoms with Gasteiger partial charge < -0.3 is 15.0 Å². The second kappa shape index (κ2) is 8.10. The van der Waals surface area contributed by atoms with E-state index in [9.17, 15) is 24.5 Å². The Morgan fingerprint density at radius 2 is 1.93 bits per heavy atom. The number of aromatic amines is 1. The average Bonchev–Trinajstić information content (AvgIpc) is 3.43. The Morgan fingerprint density at radius 3 is 2.47 bits per heavy atom. The molecule has 1 heterocycles. The molecule has 2 N–H and O–H groups in total. The molecule has 0 radical (unpaired) electrons. The summed E-state index contributed by atoms with van der Waals surface area (Å²) >= 11 is 0. The number of hydrogen-bond donors (Lipinski definition) is 2. The highest BCUT2D eigenvalue weighted by Crippen LogP contribution is 2.32. The number of rotatable bonds is 8. The normalized spacial score (nSPS) is 14.1. The van der Waals surface area contributed by atoms with Crippen LogP contribution < -0.4 is 5.32 Å². The third-order valence-electron chi connectivity index (χ3n) is 5.06. The molecule has 0 unspecified atom stereocenters. The van der Waals surface area contributed by atoms with E-state index in [1.165, 1.54) is 26.0 Å². The highest BCUT2D eigenvalue weighted by Gasteiger charge is 2.28. The van der Waals surface area contributed by atoms with E-state index in [-0.39, 0.29) is 28.8 Å². The number of nitro groups is 1. The van der Waals surface area contributed by atoms with E-state index >= 15 is 0 Å². The molecule has 0 saturated heterocycles. The summed E-state index contributed by atoms with van der Waals surface area (Å²) in [5, 5.41) is 14.4. The number of aromatic nitrogens is 1. The van der Waals surface area contributed by atoms with E-state index in [1.807, 2.05) is 0 Å². The lowest BCUT2D eigenvalue weighted by atomic mass is 10.0. The van der Waals surface area contributed by atoms with Crippen molar-refractivity contribution in [3.05, 3.63) is 56.4 Å². The molecule has 3 rings (SSSR count). The lowest BCUT2D eigenvalue weighted by Crippen LogP contribution is -2.25. The standard InChI is InChI=1S/C21H23N3O6/c1-10-18(12(3)25)11(2)22-19(10)20(26)13(4)30-21(27)14-5-8-16(23-15-6-7-15)17(9-14)24(28)29/h5,8-9,13,15,22-23H,6-7H2,1-4H3/t13-/m1/s1. The van der Waals surface area contributed by atoms with Crippen LogP contribution in [0, 0.1) is 24.0 Å². The first-order valence-corrected chi connectivity index (χ1v) is 9.60. The Balaban J connectivity index is 1.77. The minimum absolute atomic E-state index is 0.0217. The van der Waals surface area contributed by atoms with E-state index in [0.29, 0.717) is 22.5 Å². The number of ketones is 2. The second-order valence-electron chi connectivity index (χ2n) is 7.50. The number of nitrogens with one attached hydrogen (secondary N) is 2. The summed E-state index contributed by atoms with van der Waals surface area (Å²) in [7, 11) is 0. The molecule has 9 heteroatoms. The van der Waals surface area contributed by atoms with Crippen molar-refractivity contribution >= 4 is 28.9 Å². The third kappa shape index (κ3) is 4.24. The van der Waals surface area contributed by atoms with E-state index in [4.69, 9.17) is 4.74 Å². The molecule has 30 heavy (non-hydrogen) atoms. The first-order chi connectivity index (χ1) is 14.1. The van der Waals surface area contributed by atoms with Crippen molar-refractivity contribution in [1.82, 2.24) is 4.98 Å². The molecular weight excluding hydrogens is 390 g/mol. The zero-order chi connectivity index (χ0) is 22.2. The van der Waals surface area contributed by atoms with Crippen LogP contribution in [0.15, 0.2) is 18.2 Å². The van der Waals surface area contributed by atoms with Crippen LogP contribution in [0.4, 0.5) is 11.4 Å². The fourth-order valence-electron chi connectivity index (χ4n) is 3.39. The summed E-state index contributed by atoms with van der Waals surface area (Å²) in [6.07, 6.45) is 0.755. The summed E-state index contributed by atoms with van der Waals surface area (Å²) < 4.78 is 5.25. The Kier molecular flexibility index (Phi) is 5.73. The predicted molar refractivity (Wildman–Crippen MR) is 109 cm³/mol. The third-order valence-corrected chi connectivity index (χ3v) is 5.06. The minimum Gasteiger partial charge on any atom is -0.451 e. The largest absolute Gasteiger partial charge is 0.451 e. The highest BCUT2D eigenvalue weighted by molar-refractivity contribution is 6.05. The van der Waals surface area contributed by atoms with Gasteiger partial charge in [-0.2, -0.15) is 0 Å². The van der Waals surface area contributed by atoms with Gasteiger partial charge in [-0.15, -0.1) is 0 Å². The molecule has 1 aromatic heterocycles. The molecule has 158 valence electrons. The molecule has 1 aliphatic rings. The number of carbonyl (C=O) groups excluding carboxylic acids is 3. The number of Topliss-reactive ketones (excluding diaryl/α,β-unsaturated/α-hetero) is 2. The fraction of sp³-hybridized carbons (Fsp3) is 0.381. The Hall–Kier alpha value is -3.49. The second-order valence-corrected chi connectivity index (χ2v) is 7.50. The van der Waals surface area contributed by atoms with Crippen molar-refractivity contribution in [2.24, 2.45) is 0 Å². The van der Waals surface area contributed by atoms with Crippen LogP contribution in [0.1, 0.15) is 69.2 Å². The first-order valence-electron chi connectivity index (χ1n) is 9.60. The number of hydrogen-bond acceptors (Lipinski definition) is 7. The van der Waals surface area contributed by atoms with Crippen LogP contribution >= 0.6 is 0 Å². The lowest BCUT2D eigenvalue weighted by Gasteiger charge is -2.13. The molecule has 1 atom stereocenters. The van der Waals surface area contributed by atoms with Crippen LogP contribution in [0.5, 0.6) is 0 Å². The molecule has 1 aliphatic carbocycles. The van der Waals surface area contributed by atoms with Gasteiger partial charge in [0.25, 0.3) is 5.69 Å². The molecule has 1 saturated carbocycles. The predicted octanol–water partition coefficient (Wildman–Crippen LogP) is 3.74. The van der Waals surface area contributed by atoms with E-state index in [0.717, 1.165) is 18.9 Å². The van der Waals surface area contributed by atoms with Gasteiger partial charge in [-0.1, -0.05) is 0 Å². The molecule has 0 amide bonds. The SMILES string of the molecule is CC(=O)c1c(C)[nH]c(C(=O)[C@@H](C)OC(=O)c2ccc(NC3CC3)c([N+](=O)[O-])c2)c1C. The van der Waals surface area contributed by atoms with Crippen LogP contribution in [-0.4, -0.2) is 39.6 Å². The van der Waals surface area contributed by atoms with Crippen LogP contribution in [-0.2, 0) is 4.74 Å². The topological polar surface area (TPSA) is 131 Å². The molecule has 0 bridgehead atoms. The van der Waals surface area contributed by atoms with Gasteiger partial charge in [0, 0.05) is 23.4 Å². The van der Waals surface area contributed by atoms with Crippen LogP contribution in [0.2, 0.25) is 0 Å². The van der Waals surface area contributed by atoms with Crippen LogP contribution in [0.25, 0.3) is 0 Å². The summed E-state index contributed by atoms with van der Waals surface area (Å²) in [4.78, 5) is 50.7. The van der Waals surface area contributed by atoms with Gasteiger partial charge in [-0.05, 0) is 58.2 Å². The van der Waals surface area contributed by atoms with Crippen molar-refractivity contribution in [2.75, 3.05) is 5.32 Å². The van der Waals surface area contributed by atoms with Gasteiger partial charge in [0.2, 0.25) is 5.78 Å². The van der Waals surface area contributed by atoms with Crippen molar-refractivity contribution < 1.29 is 24.0 Å². The first kappa shape index (κ1) is 21.2. The number of nitro benzene ring substituents is 1. The molecule has 1 aromatic carbocycles. The van der Waals surface area contributed by atoms with Crippen molar-refractivity contribution in [3.63, 3.8) is 0 Å². The maximum Gasteiger partial charge on any atom is 0.339 e. The van der Waals surface area contributed by atoms with Crippen molar-refractivity contribution in [2.45, 2.75) is 52.7 Å². The zero-order valence-corrected chi connectivity index (χ0v) is 17.2. The Bertz CT molecular complexity index is 1050. The number of ether oxygens (including phenoxy) is 1. The van der Waals surface area contributed by atoms with E-state index < -0.39 is 22.8 Å². The summed E-state index contributed by atoms with van der Waals surface area (Å²) in [6.45, 7) is 6.17. The van der Waals surface area contributed by atoms with Crippen molar-refractivity contribution in [1.29, 1.82) is 0 Å². The van der Waals surface area contributed by atoms with Gasteiger partial charge >= 0.3 is 5.97 Å². The molecule has 0 aliphatic heterocycles. The maximum absolute atomic E-state index is 12.7. The molecule has 0 spiro atoms. The number of nitrogens with zero attached hydrogens (tertiary/aromatic N) is 1. The highest BCUT2D eigenvalue weighted by atomic mass is 16.6. The molecule has 2 aromatic rings. The number of esters is 1. The minimum atomic E-state index is -1.14. The number of carbonyl (C=O) groups is 3. The van der Waals surface area contributed by atoms with Crippen molar-refractivity contribution in [3.8, 4) is 0 Å². The maximum atomic E-state index is 12.7. The van der Waals surface area contributed by atoms with Gasteiger partial charge in [0.05, 0.1) is 16.2 Å². The quantitative estimate of drug-likeness (QED) is 0.292. The van der Waals surface area contributed by atoms with E-state index in [1.54, 1.807) is 13.8 Å². The Morgan fingerprint density at radius 1 is 1.27 bits per heavy atom. The summed E-state index contributed by atoms with van der Waals surface area (Å²) in [6, 6.07) is 4.25. The monoisotopic (exact) mass is 413 g/mol. The van der Waals surface area contributed by atoms with E-state index in [2.05, 4.69) is 10.3 Å². The average molecular weight is 413 g/mol. The number of H-pyrrole nitrogens is 1. The van der Waals surface area contributed by atoms with Gasteiger partial charge in [0.15, 0.2) is 11.9 Å². The van der Waals surface area contributed by atoms with Crippen LogP contribution in [0.3, 0.4) is 0 Å². The number of aryl methyl sites for hydroxylation is 1. The van der Waals surface area contributed by atoms with Gasteiger partial charge in [-0.25, -0.2) is 4.79 Å². The number of benzene rings is 1. The Labute approximate surface area is 173 Å². The van der Waals surface area contributed by atoms with Gasteiger partial charge in [0.1, 0.15) is 5.69 Å². The van der Waals surface area contributed by atoms with Gasteiger partial charge in [-0.3, -0.25) is 19.7 Å². The summed E-state index contributed by atoms with van der Waals surface area (Å²) in [5.41, 5.74) is 1.80. The molecule has 1 fully saturated rings. The lowest BCUT2D eigenvalue weighted by molar-refractivity contribution is -0.384. The fourth-order valence-corrected chi connectivity index (χ4v) is 3.39. The number of anilines is 1. The summed E-state index contributed by atoms with van der Waals surface area (Å²) in [5.74, 6) is -1.50.